The van der Waals surface area contributed by atoms with Crippen LogP contribution >= 0.6 is 0 Å². The van der Waals surface area contributed by atoms with E-state index in [1.54, 1.807) is 0 Å². The van der Waals surface area contributed by atoms with Crippen LogP contribution in [0.3, 0.4) is 0 Å². The largest absolute Gasteiger partial charge is 0.212 e. The topological polar surface area (TPSA) is 0 Å². The monoisotopic (exact) mass is 204 g/mol. The SMILES string of the molecule is C=CCCC/C(F)=C(\C)c1ccccc1. The third-order valence-electron chi connectivity index (χ3n) is 2.42. The van der Waals surface area contributed by atoms with Crippen LogP contribution in [0.2, 0.25) is 0 Å². The van der Waals surface area contributed by atoms with E-state index in [1.807, 2.05) is 43.3 Å². The highest BCUT2D eigenvalue weighted by Gasteiger charge is 2.03. The summed E-state index contributed by atoms with van der Waals surface area (Å²) in [5.74, 6) is -0.0111. The molecule has 1 rings (SSSR count). The third-order valence-corrected chi connectivity index (χ3v) is 2.42. The van der Waals surface area contributed by atoms with Gasteiger partial charge in [0.1, 0.15) is 5.83 Å². The molecule has 1 aromatic carbocycles. The molecule has 0 nitrogen and oxygen atoms in total. The summed E-state index contributed by atoms with van der Waals surface area (Å²) >= 11 is 0. The summed E-state index contributed by atoms with van der Waals surface area (Å²) in [5.41, 5.74) is 1.72. The van der Waals surface area contributed by atoms with Gasteiger partial charge < -0.3 is 0 Å². The highest BCUT2D eigenvalue weighted by Crippen LogP contribution is 2.22. The van der Waals surface area contributed by atoms with Crippen LogP contribution in [-0.4, -0.2) is 0 Å². The summed E-state index contributed by atoms with van der Waals surface area (Å²) in [5, 5.41) is 0. The first kappa shape index (κ1) is 11.7. The molecule has 0 aliphatic rings. The predicted molar refractivity (Wildman–Crippen MR) is 64.2 cm³/mol. The van der Waals surface area contributed by atoms with Crippen molar-refractivity contribution in [2.45, 2.75) is 26.2 Å². The number of rotatable bonds is 5. The van der Waals surface area contributed by atoms with Gasteiger partial charge in [-0.2, -0.15) is 0 Å². The fraction of sp³-hybridized carbons (Fsp3) is 0.286. The summed E-state index contributed by atoms with van der Waals surface area (Å²) in [7, 11) is 0. The zero-order chi connectivity index (χ0) is 11.1. The fourth-order valence-corrected chi connectivity index (χ4v) is 1.43. The molecular formula is C14H17F. The molecule has 80 valence electrons. The van der Waals surface area contributed by atoms with E-state index in [-0.39, 0.29) is 5.83 Å². The van der Waals surface area contributed by atoms with Crippen molar-refractivity contribution in [2.24, 2.45) is 0 Å². The lowest BCUT2D eigenvalue weighted by Crippen LogP contribution is -1.84. The second kappa shape index (κ2) is 6.18. The highest BCUT2D eigenvalue weighted by molar-refractivity contribution is 5.65. The first-order chi connectivity index (χ1) is 7.25. The minimum Gasteiger partial charge on any atom is -0.212 e. The van der Waals surface area contributed by atoms with E-state index in [0.717, 1.165) is 24.0 Å². The van der Waals surface area contributed by atoms with Gasteiger partial charge in [0, 0.05) is 0 Å². The van der Waals surface area contributed by atoms with Crippen LogP contribution in [0, 0.1) is 0 Å². The lowest BCUT2D eigenvalue weighted by molar-refractivity contribution is 0.578. The standard InChI is InChI=1S/C14H17F/c1-3-4-6-11-14(15)12(2)13-9-7-5-8-10-13/h3,5,7-10H,1,4,6,11H2,2H3/b14-12-. The zero-order valence-corrected chi connectivity index (χ0v) is 9.17. The van der Waals surface area contributed by atoms with Gasteiger partial charge in [-0.25, -0.2) is 4.39 Å². The molecule has 0 aliphatic heterocycles. The Labute approximate surface area is 91.1 Å². The van der Waals surface area contributed by atoms with Crippen LogP contribution in [0.5, 0.6) is 0 Å². The van der Waals surface area contributed by atoms with Gasteiger partial charge >= 0.3 is 0 Å². The number of unbranched alkanes of at least 4 members (excludes halogenated alkanes) is 1. The molecule has 0 bridgehead atoms. The molecule has 0 saturated heterocycles. The molecule has 0 aliphatic carbocycles. The Bertz CT molecular complexity index is 336. The lowest BCUT2D eigenvalue weighted by atomic mass is 10.0. The van der Waals surface area contributed by atoms with E-state index < -0.39 is 0 Å². The average molecular weight is 204 g/mol. The van der Waals surface area contributed by atoms with Crippen molar-refractivity contribution in [3.05, 3.63) is 54.4 Å². The maximum absolute atomic E-state index is 13.7. The smallest absolute Gasteiger partial charge is 0.103 e. The molecule has 0 amide bonds. The maximum atomic E-state index is 13.7. The number of benzene rings is 1. The zero-order valence-electron chi connectivity index (χ0n) is 9.17. The molecular weight excluding hydrogens is 187 g/mol. The molecule has 0 aromatic heterocycles. The summed E-state index contributed by atoms with van der Waals surface area (Å²) in [6.45, 7) is 5.45. The Morgan fingerprint density at radius 3 is 2.60 bits per heavy atom. The minimum absolute atomic E-state index is 0.0111. The second-order valence-corrected chi connectivity index (χ2v) is 3.58. The van der Waals surface area contributed by atoms with Crippen molar-refractivity contribution in [1.82, 2.24) is 0 Å². The second-order valence-electron chi connectivity index (χ2n) is 3.58. The Kier molecular flexibility index (Phi) is 4.82. The molecule has 0 fully saturated rings. The molecule has 0 N–H and O–H groups in total. The molecule has 15 heavy (non-hydrogen) atoms. The van der Waals surface area contributed by atoms with Gasteiger partial charge in [-0.1, -0.05) is 36.4 Å². The van der Waals surface area contributed by atoms with Gasteiger partial charge in [-0.05, 0) is 37.3 Å². The fourth-order valence-electron chi connectivity index (χ4n) is 1.43. The van der Waals surface area contributed by atoms with E-state index in [0.29, 0.717) is 6.42 Å². The van der Waals surface area contributed by atoms with Gasteiger partial charge in [-0.15, -0.1) is 6.58 Å². The van der Waals surface area contributed by atoms with Crippen molar-refractivity contribution >= 4 is 5.57 Å². The first-order valence-electron chi connectivity index (χ1n) is 5.27. The molecule has 0 saturated carbocycles. The van der Waals surface area contributed by atoms with Crippen molar-refractivity contribution < 1.29 is 4.39 Å². The van der Waals surface area contributed by atoms with Crippen LogP contribution in [0.1, 0.15) is 31.7 Å². The van der Waals surface area contributed by atoms with Crippen molar-refractivity contribution in [2.75, 3.05) is 0 Å². The van der Waals surface area contributed by atoms with Crippen LogP contribution in [0.25, 0.3) is 5.57 Å². The Morgan fingerprint density at radius 1 is 1.33 bits per heavy atom. The summed E-state index contributed by atoms with van der Waals surface area (Å²) in [6.07, 6.45) is 4.03. The van der Waals surface area contributed by atoms with E-state index >= 15 is 0 Å². The molecule has 0 radical (unpaired) electrons. The maximum Gasteiger partial charge on any atom is 0.103 e. The van der Waals surface area contributed by atoms with Gasteiger partial charge in [0.25, 0.3) is 0 Å². The van der Waals surface area contributed by atoms with Gasteiger partial charge in [0.15, 0.2) is 0 Å². The molecule has 1 heteroatoms. The molecule has 0 unspecified atom stereocenters. The van der Waals surface area contributed by atoms with Crippen LogP contribution in [-0.2, 0) is 0 Å². The summed E-state index contributed by atoms with van der Waals surface area (Å²) in [6, 6.07) is 9.66. The highest BCUT2D eigenvalue weighted by atomic mass is 19.1. The van der Waals surface area contributed by atoms with Crippen LogP contribution in [0.4, 0.5) is 4.39 Å². The average Bonchev–Trinajstić information content (AvgIpc) is 2.29. The number of allylic oxidation sites excluding steroid dienone is 3. The Hall–Kier alpha value is -1.37. The van der Waals surface area contributed by atoms with Gasteiger partial charge in [0.2, 0.25) is 0 Å². The van der Waals surface area contributed by atoms with Crippen LogP contribution in [0.15, 0.2) is 48.8 Å². The van der Waals surface area contributed by atoms with Crippen molar-refractivity contribution in [3.63, 3.8) is 0 Å². The first-order valence-corrected chi connectivity index (χ1v) is 5.27. The van der Waals surface area contributed by atoms with Crippen molar-refractivity contribution in [3.8, 4) is 0 Å². The minimum atomic E-state index is -0.0111. The van der Waals surface area contributed by atoms with E-state index in [2.05, 4.69) is 6.58 Å². The van der Waals surface area contributed by atoms with E-state index in [4.69, 9.17) is 0 Å². The quantitative estimate of drug-likeness (QED) is 0.480. The Morgan fingerprint density at radius 2 is 2.00 bits per heavy atom. The van der Waals surface area contributed by atoms with Gasteiger partial charge in [-0.3, -0.25) is 0 Å². The number of hydrogen-bond donors (Lipinski definition) is 0. The predicted octanol–water partition coefficient (Wildman–Crippen LogP) is 4.74. The number of halogens is 1. The van der Waals surface area contributed by atoms with E-state index in [1.165, 1.54) is 0 Å². The van der Waals surface area contributed by atoms with Gasteiger partial charge in [0.05, 0.1) is 0 Å². The third kappa shape index (κ3) is 3.70. The van der Waals surface area contributed by atoms with Crippen LogP contribution < -0.4 is 0 Å². The Balaban J connectivity index is 2.68. The molecule has 1 aromatic rings. The summed E-state index contributed by atoms with van der Waals surface area (Å²) in [4.78, 5) is 0. The lowest BCUT2D eigenvalue weighted by Gasteiger charge is -2.04. The molecule has 0 atom stereocenters. The molecule has 0 spiro atoms. The normalized spacial score (nSPS) is 12.1. The number of hydrogen-bond acceptors (Lipinski definition) is 0. The van der Waals surface area contributed by atoms with E-state index in [9.17, 15) is 4.39 Å². The summed E-state index contributed by atoms with van der Waals surface area (Å²) < 4.78 is 13.7. The van der Waals surface area contributed by atoms with Crippen molar-refractivity contribution in [1.29, 1.82) is 0 Å². The molecule has 0 heterocycles.